The number of hydrogen-bond donors (Lipinski definition) is 1. The van der Waals surface area contributed by atoms with Crippen molar-refractivity contribution < 1.29 is 4.74 Å². The van der Waals surface area contributed by atoms with Gasteiger partial charge in [-0.25, -0.2) is 0 Å². The van der Waals surface area contributed by atoms with Gasteiger partial charge >= 0.3 is 0 Å². The molecule has 3 heteroatoms. The standard InChI is InChI=1S/C14H30N2O/c1-7-17-14(4,5)10-16-9-8-13(15-6)11(2)12(16)3/h11-13,15H,7-10H2,1-6H3. The number of ether oxygens (including phenoxy) is 1. The summed E-state index contributed by atoms with van der Waals surface area (Å²) in [6.45, 7) is 14.2. The zero-order chi connectivity index (χ0) is 13.1. The molecule has 3 unspecified atom stereocenters. The summed E-state index contributed by atoms with van der Waals surface area (Å²) in [5.41, 5.74) is -0.0325. The fourth-order valence-electron chi connectivity index (χ4n) is 3.00. The van der Waals surface area contributed by atoms with Crippen LogP contribution in [0.15, 0.2) is 0 Å². The molecule has 17 heavy (non-hydrogen) atoms. The molecule has 0 aromatic rings. The summed E-state index contributed by atoms with van der Waals surface area (Å²) in [6.07, 6.45) is 1.24. The first-order chi connectivity index (χ1) is 7.91. The van der Waals surface area contributed by atoms with Crippen molar-refractivity contribution in [1.29, 1.82) is 0 Å². The molecule has 102 valence electrons. The molecule has 1 aliphatic rings. The highest BCUT2D eigenvalue weighted by molar-refractivity contribution is 4.90. The third-order valence-electron chi connectivity index (χ3n) is 4.19. The first-order valence-corrected chi connectivity index (χ1v) is 6.96. The third kappa shape index (κ3) is 3.94. The smallest absolute Gasteiger partial charge is 0.0752 e. The monoisotopic (exact) mass is 242 g/mol. The van der Waals surface area contributed by atoms with Gasteiger partial charge < -0.3 is 10.1 Å². The summed E-state index contributed by atoms with van der Waals surface area (Å²) < 4.78 is 5.81. The first kappa shape index (κ1) is 14.9. The van der Waals surface area contributed by atoms with Crippen molar-refractivity contribution in [2.24, 2.45) is 5.92 Å². The molecule has 1 heterocycles. The van der Waals surface area contributed by atoms with Gasteiger partial charge in [0.25, 0.3) is 0 Å². The number of rotatable bonds is 5. The average molecular weight is 242 g/mol. The number of nitrogens with zero attached hydrogens (tertiary/aromatic N) is 1. The van der Waals surface area contributed by atoms with E-state index in [0.29, 0.717) is 18.0 Å². The number of likely N-dealkylation sites (tertiary alicyclic amines) is 1. The van der Waals surface area contributed by atoms with E-state index in [4.69, 9.17) is 4.74 Å². The lowest BCUT2D eigenvalue weighted by molar-refractivity contribution is -0.0543. The van der Waals surface area contributed by atoms with Crippen LogP contribution in [-0.2, 0) is 4.74 Å². The fraction of sp³-hybridized carbons (Fsp3) is 1.00. The zero-order valence-corrected chi connectivity index (χ0v) is 12.4. The summed E-state index contributed by atoms with van der Waals surface area (Å²) in [4.78, 5) is 2.58. The minimum atomic E-state index is -0.0325. The van der Waals surface area contributed by atoms with Crippen molar-refractivity contribution in [3.05, 3.63) is 0 Å². The van der Waals surface area contributed by atoms with E-state index in [1.807, 2.05) is 0 Å². The van der Waals surface area contributed by atoms with Gasteiger partial charge in [0.2, 0.25) is 0 Å². The van der Waals surface area contributed by atoms with Crippen molar-refractivity contribution in [3.63, 3.8) is 0 Å². The van der Waals surface area contributed by atoms with Gasteiger partial charge in [0.15, 0.2) is 0 Å². The lowest BCUT2D eigenvalue weighted by Gasteiger charge is -2.45. The van der Waals surface area contributed by atoms with Gasteiger partial charge in [-0.05, 0) is 47.1 Å². The topological polar surface area (TPSA) is 24.5 Å². The van der Waals surface area contributed by atoms with Crippen LogP contribution in [0.5, 0.6) is 0 Å². The van der Waals surface area contributed by atoms with Crippen molar-refractivity contribution in [2.45, 2.75) is 58.7 Å². The maximum atomic E-state index is 5.81. The molecule has 1 aliphatic heterocycles. The molecule has 1 rings (SSSR count). The Morgan fingerprint density at radius 1 is 1.35 bits per heavy atom. The largest absolute Gasteiger partial charge is 0.375 e. The minimum absolute atomic E-state index is 0.0325. The molecule has 0 aromatic heterocycles. The normalized spacial score (nSPS) is 31.8. The summed E-state index contributed by atoms with van der Waals surface area (Å²) in [5.74, 6) is 0.700. The summed E-state index contributed by atoms with van der Waals surface area (Å²) >= 11 is 0. The molecular weight excluding hydrogens is 212 g/mol. The Hall–Kier alpha value is -0.120. The maximum Gasteiger partial charge on any atom is 0.0752 e. The van der Waals surface area contributed by atoms with Gasteiger partial charge in [0.05, 0.1) is 5.60 Å². The summed E-state index contributed by atoms with van der Waals surface area (Å²) in [7, 11) is 2.08. The van der Waals surface area contributed by atoms with Crippen LogP contribution in [0.2, 0.25) is 0 Å². The summed E-state index contributed by atoms with van der Waals surface area (Å²) in [6, 6.07) is 1.29. The van der Waals surface area contributed by atoms with E-state index in [-0.39, 0.29) is 5.60 Å². The van der Waals surface area contributed by atoms with E-state index >= 15 is 0 Å². The molecule has 1 N–H and O–H groups in total. The van der Waals surface area contributed by atoms with Crippen molar-refractivity contribution in [2.75, 3.05) is 26.7 Å². The van der Waals surface area contributed by atoms with Crippen molar-refractivity contribution in [1.82, 2.24) is 10.2 Å². The zero-order valence-electron chi connectivity index (χ0n) is 12.4. The summed E-state index contributed by atoms with van der Waals surface area (Å²) in [5, 5.41) is 3.43. The van der Waals surface area contributed by atoms with Crippen molar-refractivity contribution >= 4 is 0 Å². The Kier molecular flexibility index (Phi) is 5.42. The van der Waals surface area contributed by atoms with Crippen LogP contribution in [-0.4, -0.2) is 49.3 Å². The molecule has 0 saturated carbocycles. The highest BCUT2D eigenvalue weighted by Gasteiger charge is 2.34. The van der Waals surface area contributed by atoms with Gasteiger partial charge in [-0.15, -0.1) is 0 Å². The number of piperidine rings is 1. The van der Waals surface area contributed by atoms with Crippen LogP contribution in [0.4, 0.5) is 0 Å². The van der Waals surface area contributed by atoms with Crippen LogP contribution in [0, 0.1) is 5.92 Å². The number of nitrogens with one attached hydrogen (secondary N) is 1. The van der Waals surface area contributed by atoms with Gasteiger partial charge in [-0.3, -0.25) is 4.90 Å². The van der Waals surface area contributed by atoms with Crippen molar-refractivity contribution in [3.8, 4) is 0 Å². The number of hydrogen-bond acceptors (Lipinski definition) is 3. The second-order valence-electron chi connectivity index (χ2n) is 5.95. The van der Waals surface area contributed by atoms with Crippen LogP contribution >= 0.6 is 0 Å². The molecule has 0 radical (unpaired) electrons. The molecular formula is C14H30N2O. The van der Waals surface area contributed by atoms with E-state index in [1.165, 1.54) is 13.0 Å². The molecule has 3 atom stereocenters. The molecule has 0 spiro atoms. The fourth-order valence-corrected chi connectivity index (χ4v) is 3.00. The van der Waals surface area contributed by atoms with E-state index in [2.05, 4.69) is 51.9 Å². The predicted octanol–water partition coefficient (Wildman–Crippen LogP) is 2.12. The Labute approximate surface area is 107 Å². The average Bonchev–Trinajstić information content (AvgIpc) is 2.25. The van der Waals surface area contributed by atoms with E-state index in [1.54, 1.807) is 0 Å². The molecule has 3 nitrogen and oxygen atoms in total. The van der Waals surface area contributed by atoms with E-state index < -0.39 is 0 Å². The highest BCUT2D eigenvalue weighted by Crippen LogP contribution is 2.25. The van der Waals surface area contributed by atoms with Crippen LogP contribution in [0.25, 0.3) is 0 Å². The Bertz CT molecular complexity index is 230. The lowest BCUT2D eigenvalue weighted by atomic mass is 9.86. The second kappa shape index (κ2) is 6.17. The van der Waals surface area contributed by atoms with Gasteiger partial charge in [0.1, 0.15) is 0 Å². The molecule has 0 amide bonds. The third-order valence-corrected chi connectivity index (χ3v) is 4.19. The SMILES string of the molecule is CCOC(C)(C)CN1CCC(NC)C(C)C1C. The van der Waals surface area contributed by atoms with E-state index in [0.717, 1.165) is 13.2 Å². The van der Waals surface area contributed by atoms with E-state index in [9.17, 15) is 0 Å². The Morgan fingerprint density at radius 3 is 2.53 bits per heavy atom. The molecule has 1 saturated heterocycles. The molecule has 0 bridgehead atoms. The predicted molar refractivity (Wildman–Crippen MR) is 73.4 cm³/mol. The maximum absolute atomic E-state index is 5.81. The Morgan fingerprint density at radius 2 is 2.00 bits per heavy atom. The van der Waals surface area contributed by atoms with Crippen LogP contribution in [0.1, 0.15) is 41.0 Å². The molecule has 0 aliphatic carbocycles. The minimum Gasteiger partial charge on any atom is -0.375 e. The second-order valence-corrected chi connectivity index (χ2v) is 5.95. The lowest BCUT2D eigenvalue weighted by Crippen LogP contribution is -2.55. The van der Waals surface area contributed by atoms with Crippen LogP contribution in [0.3, 0.4) is 0 Å². The molecule has 1 fully saturated rings. The first-order valence-electron chi connectivity index (χ1n) is 6.96. The van der Waals surface area contributed by atoms with Gasteiger partial charge in [-0.2, -0.15) is 0 Å². The van der Waals surface area contributed by atoms with Crippen LogP contribution < -0.4 is 5.32 Å². The molecule has 0 aromatic carbocycles. The Balaban J connectivity index is 2.56. The highest BCUT2D eigenvalue weighted by atomic mass is 16.5. The van der Waals surface area contributed by atoms with Gasteiger partial charge in [-0.1, -0.05) is 6.92 Å². The quantitative estimate of drug-likeness (QED) is 0.799. The van der Waals surface area contributed by atoms with Gasteiger partial charge in [0, 0.05) is 31.8 Å².